The first-order chi connectivity index (χ1) is 12.2. The van der Waals surface area contributed by atoms with Crippen LogP contribution in [0.15, 0.2) is 57.5 Å². The Balaban J connectivity index is 1.71. The van der Waals surface area contributed by atoms with Crippen molar-refractivity contribution in [3.8, 4) is 22.8 Å². The summed E-state index contributed by atoms with van der Waals surface area (Å²) >= 11 is 0. The largest absolute Gasteiger partial charge is 0.486 e. The number of nitrogens with zero attached hydrogens (tertiary/aromatic N) is 2. The predicted octanol–water partition coefficient (Wildman–Crippen LogP) is 3.70. The van der Waals surface area contributed by atoms with Gasteiger partial charge in [-0.15, -0.1) is 5.11 Å². The number of H-pyrrole nitrogens is 2. The third kappa shape index (κ3) is 3.01. The maximum atomic E-state index is 13.2. The molecule has 0 atom stereocenters. The number of halogens is 1. The number of nitrogens with one attached hydrogen (secondary N) is 2. The second kappa shape index (κ2) is 6.23. The summed E-state index contributed by atoms with van der Waals surface area (Å²) in [5, 5.41) is 13.2. The van der Waals surface area contributed by atoms with E-state index in [0.717, 1.165) is 0 Å². The van der Waals surface area contributed by atoms with Gasteiger partial charge in [0.05, 0.1) is 11.4 Å². The van der Waals surface area contributed by atoms with Crippen LogP contribution in [0.2, 0.25) is 0 Å². The van der Waals surface area contributed by atoms with Crippen LogP contribution in [0.3, 0.4) is 0 Å². The molecule has 0 fully saturated rings. The Morgan fingerprint density at radius 2 is 1.80 bits per heavy atom. The standard InChI is InChI=1S/C17H13FN4O3/c18-11-2-1-3-12(9-11)19-21-16-15(20-22-17(16)23)10-4-5-13-14(8-10)25-7-6-24-13/h1-5,8-9H,6-7H2,(H2,20,22,23). The maximum absolute atomic E-state index is 13.2. The number of aromatic nitrogens is 2. The van der Waals surface area contributed by atoms with Crippen LogP contribution in [-0.2, 0) is 0 Å². The molecule has 0 amide bonds. The fourth-order valence-corrected chi connectivity index (χ4v) is 2.50. The van der Waals surface area contributed by atoms with E-state index in [-0.39, 0.29) is 5.69 Å². The molecule has 8 heteroatoms. The molecule has 0 aliphatic carbocycles. The summed E-state index contributed by atoms with van der Waals surface area (Å²) in [5.41, 5.74) is 1.14. The third-order valence-electron chi connectivity index (χ3n) is 3.66. The zero-order chi connectivity index (χ0) is 17.2. The molecule has 2 N–H and O–H groups in total. The van der Waals surface area contributed by atoms with Gasteiger partial charge in [0.25, 0.3) is 5.56 Å². The summed E-state index contributed by atoms with van der Waals surface area (Å²) in [6, 6.07) is 11.0. The van der Waals surface area contributed by atoms with Crippen molar-refractivity contribution < 1.29 is 13.9 Å². The SMILES string of the molecule is O=c1[nH][nH]c(-c2ccc3c(c2)OCCO3)c1N=Nc1cccc(F)c1. The van der Waals surface area contributed by atoms with E-state index in [9.17, 15) is 9.18 Å². The van der Waals surface area contributed by atoms with Gasteiger partial charge in [-0.1, -0.05) is 6.07 Å². The summed E-state index contributed by atoms with van der Waals surface area (Å²) in [6.07, 6.45) is 0. The highest BCUT2D eigenvalue weighted by Crippen LogP contribution is 2.36. The summed E-state index contributed by atoms with van der Waals surface area (Å²) in [4.78, 5) is 12.0. The Hall–Kier alpha value is -3.42. The van der Waals surface area contributed by atoms with Crippen molar-refractivity contribution in [3.05, 3.63) is 58.6 Å². The van der Waals surface area contributed by atoms with Gasteiger partial charge in [0.15, 0.2) is 17.2 Å². The molecule has 2 heterocycles. The molecule has 0 spiro atoms. The Morgan fingerprint density at radius 1 is 0.960 bits per heavy atom. The zero-order valence-electron chi connectivity index (χ0n) is 13.0. The monoisotopic (exact) mass is 340 g/mol. The highest BCUT2D eigenvalue weighted by molar-refractivity contribution is 5.73. The average Bonchev–Trinajstić information content (AvgIpc) is 3.00. The van der Waals surface area contributed by atoms with Gasteiger partial charge in [0.2, 0.25) is 0 Å². The van der Waals surface area contributed by atoms with Crippen LogP contribution in [-0.4, -0.2) is 23.4 Å². The Bertz CT molecular complexity index is 1010. The van der Waals surface area contributed by atoms with Crippen molar-refractivity contribution in [3.63, 3.8) is 0 Å². The second-order valence-electron chi connectivity index (χ2n) is 5.34. The van der Waals surface area contributed by atoms with E-state index in [1.807, 2.05) is 0 Å². The van der Waals surface area contributed by atoms with E-state index >= 15 is 0 Å². The van der Waals surface area contributed by atoms with E-state index in [1.165, 1.54) is 18.2 Å². The predicted molar refractivity (Wildman–Crippen MR) is 88.4 cm³/mol. The molecule has 7 nitrogen and oxygen atoms in total. The van der Waals surface area contributed by atoms with E-state index in [0.29, 0.717) is 41.7 Å². The topological polar surface area (TPSA) is 91.8 Å². The third-order valence-corrected chi connectivity index (χ3v) is 3.66. The maximum Gasteiger partial charge on any atom is 0.292 e. The minimum absolute atomic E-state index is 0.0981. The molecule has 4 rings (SSSR count). The summed E-state index contributed by atoms with van der Waals surface area (Å²) in [7, 11) is 0. The summed E-state index contributed by atoms with van der Waals surface area (Å²) < 4.78 is 24.3. The number of azo groups is 1. The molecule has 0 saturated heterocycles. The number of ether oxygens (including phenoxy) is 2. The van der Waals surface area contributed by atoms with E-state index in [1.54, 1.807) is 24.3 Å². The van der Waals surface area contributed by atoms with Gasteiger partial charge < -0.3 is 9.47 Å². The molecular formula is C17H13FN4O3. The number of rotatable bonds is 3. The normalized spacial score (nSPS) is 13.3. The Labute approximate surface area is 141 Å². The van der Waals surface area contributed by atoms with Crippen molar-refractivity contribution in [1.29, 1.82) is 0 Å². The smallest absolute Gasteiger partial charge is 0.292 e. The van der Waals surface area contributed by atoms with Crippen LogP contribution in [0.1, 0.15) is 0 Å². The Kier molecular flexibility index (Phi) is 3.77. The molecule has 25 heavy (non-hydrogen) atoms. The van der Waals surface area contributed by atoms with E-state index in [2.05, 4.69) is 20.4 Å². The number of fused-ring (bicyclic) bond motifs is 1. The van der Waals surface area contributed by atoms with Crippen LogP contribution < -0.4 is 15.0 Å². The van der Waals surface area contributed by atoms with Crippen LogP contribution in [0, 0.1) is 5.82 Å². The molecule has 1 aromatic heterocycles. The van der Waals surface area contributed by atoms with Crippen LogP contribution in [0.4, 0.5) is 15.8 Å². The first kappa shape index (κ1) is 15.1. The number of aromatic amines is 2. The van der Waals surface area contributed by atoms with Gasteiger partial charge in [-0.3, -0.25) is 15.0 Å². The van der Waals surface area contributed by atoms with Crippen LogP contribution in [0.5, 0.6) is 11.5 Å². The molecule has 0 bridgehead atoms. The van der Waals surface area contributed by atoms with Gasteiger partial charge in [0.1, 0.15) is 19.0 Å². The van der Waals surface area contributed by atoms with Crippen molar-refractivity contribution in [2.75, 3.05) is 13.2 Å². The lowest BCUT2D eigenvalue weighted by molar-refractivity contribution is 0.171. The molecule has 0 radical (unpaired) electrons. The molecule has 2 aromatic carbocycles. The van der Waals surface area contributed by atoms with Crippen LogP contribution >= 0.6 is 0 Å². The van der Waals surface area contributed by atoms with Crippen molar-refractivity contribution in [2.24, 2.45) is 10.2 Å². The van der Waals surface area contributed by atoms with Gasteiger partial charge in [-0.05, 0) is 30.3 Å². The molecule has 3 aromatic rings. The van der Waals surface area contributed by atoms with Crippen LogP contribution in [0.25, 0.3) is 11.3 Å². The van der Waals surface area contributed by atoms with Crippen molar-refractivity contribution in [1.82, 2.24) is 10.2 Å². The summed E-state index contributed by atoms with van der Waals surface area (Å²) in [5.74, 6) is 0.820. The molecule has 0 saturated carbocycles. The minimum Gasteiger partial charge on any atom is -0.486 e. The van der Waals surface area contributed by atoms with Gasteiger partial charge in [0, 0.05) is 11.6 Å². The van der Waals surface area contributed by atoms with E-state index < -0.39 is 11.4 Å². The zero-order valence-corrected chi connectivity index (χ0v) is 13.0. The molecule has 1 aliphatic rings. The number of benzene rings is 2. The molecule has 1 aliphatic heterocycles. The van der Waals surface area contributed by atoms with Crippen molar-refractivity contribution >= 4 is 11.4 Å². The Morgan fingerprint density at radius 3 is 2.64 bits per heavy atom. The van der Waals surface area contributed by atoms with Gasteiger partial charge in [-0.25, -0.2) is 4.39 Å². The highest BCUT2D eigenvalue weighted by Gasteiger charge is 2.16. The first-order valence-electron chi connectivity index (χ1n) is 7.59. The first-order valence-corrected chi connectivity index (χ1v) is 7.59. The van der Waals surface area contributed by atoms with Crippen molar-refractivity contribution in [2.45, 2.75) is 0 Å². The van der Waals surface area contributed by atoms with Gasteiger partial charge >= 0.3 is 0 Å². The number of hydrogen-bond donors (Lipinski definition) is 2. The molecular weight excluding hydrogens is 327 g/mol. The average molecular weight is 340 g/mol. The second-order valence-corrected chi connectivity index (χ2v) is 5.34. The fraction of sp³-hybridized carbons (Fsp3) is 0.118. The molecule has 0 unspecified atom stereocenters. The lowest BCUT2D eigenvalue weighted by Gasteiger charge is -2.18. The lowest BCUT2D eigenvalue weighted by atomic mass is 10.1. The highest BCUT2D eigenvalue weighted by atomic mass is 19.1. The lowest BCUT2D eigenvalue weighted by Crippen LogP contribution is -2.15. The quantitative estimate of drug-likeness (QED) is 0.712. The number of hydrogen-bond acceptors (Lipinski definition) is 5. The molecule has 126 valence electrons. The summed E-state index contributed by atoms with van der Waals surface area (Å²) in [6.45, 7) is 0.965. The fourth-order valence-electron chi connectivity index (χ4n) is 2.50. The minimum atomic E-state index is -0.426. The van der Waals surface area contributed by atoms with Gasteiger partial charge in [-0.2, -0.15) is 5.11 Å². The van der Waals surface area contributed by atoms with E-state index in [4.69, 9.17) is 9.47 Å².